The Hall–Kier alpha value is -2.44. The van der Waals surface area contributed by atoms with Gasteiger partial charge < -0.3 is 0 Å². The van der Waals surface area contributed by atoms with Crippen molar-refractivity contribution in [2.45, 2.75) is 11.3 Å². The van der Waals surface area contributed by atoms with Crippen LogP contribution in [0.5, 0.6) is 0 Å². The zero-order valence-corrected chi connectivity index (χ0v) is 14.3. The molecule has 0 aliphatic heterocycles. The largest absolute Gasteiger partial charge is 0.269 e. The van der Waals surface area contributed by atoms with Gasteiger partial charge in [0.15, 0.2) is 0 Å². The van der Waals surface area contributed by atoms with Gasteiger partial charge in [-0.25, -0.2) is 17.4 Å². The first-order valence-electron chi connectivity index (χ1n) is 7.45. The molecular formula is C18H14N2O2S2. The van der Waals surface area contributed by atoms with Crippen molar-refractivity contribution >= 4 is 32.4 Å². The van der Waals surface area contributed by atoms with E-state index in [0.29, 0.717) is 23.3 Å². The fourth-order valence-electron chi connectivity index (χ4n) is 2.70. The van der Waals surface area contributed by atoms with Crippen molar-refractivity contribution in [1.29, 1.82) is 0 Å². The van der Waals surface area contributed by atoms with Crippen LogP contribution in [0.4, 0.5) is 0 Å². The average molecular weight is 354 g/mol. The lowest BCUT2D eigenvalue weighted by atomic mass is 10.3. The second-order valence-electron chi connectivity index (χ2n) is 5.36. The molecule has 0 aliphatic carbocycles. The molecule has 24 heavy (non-hydrogen) atoms. The monoisotopic (exact) mass is 354 g/mol. The standard InChI is InChI=1S/C18H14N2O2S2/c21-24(22,15-8-2-1-3-9-15)20-17-11-5-4-10-16(17)19-18(20)13-14-7-6-12-23-14/h1-12H,13H2. The summed E-state index contributed by atoms with van der Waals surface area (Å²) in [6.45, 7) is 0. The molecule has 2 aromatic heterocycles. The van der Waals surface area contributed by atoms with Crippen molar-refractivity contribution in [3.63, 3.8) is 0 Å². The quantitative estimate of drug-likeness (QED) is 0.558. The van der Waals surface area contributed by atoms with Crippen LogP contribution in [0.15, 0.2) is 77.0 Å². The van der Waals surface area contributed by atoms with Crippen LogP contribution < -0.4 is 0 Å². The van der Waals surface area contributed by atoms with E-state index in [1.165, 1.54) is 3.97 Å². The number of benzene rings is 2. The van der Waals surface area contributed by atoms with Crippen LogP contribution in [0, 0.1) is 0 Å². The number of para-hydroxylation sites is 2. The van der Waals surface area contributed by atoms with Gasteiger partial charge in [0.1, 0.15) is 5.82 Å². The fourth-order valence-corrected chi connectivity index (χ4v) is 4.91. The highest BCUT2D eigenvalue weighted by molar-refractivity contribution is 7.90. The highest BCUT2D eigenvalue weighted by atomic mass is 32.2. The number of rotatable bonds is 4. The number of imidazole rings is 1. The Balaban J connectivity index is 1.96. The van der Waals surface area contributed by atoms with Crippen LogP contribution in [0.1, 0.15) is 10.7 Å². The number of aromatic nitrogens is 2. The predicted octanol–water partition coefficient (Wildman–Crippen LogP) is 3.93. The summed E-state index contributed by atoms with van der Waals surface area (Å²) in [6.07, 6.45) is 0.485. The van der Waals surface area contributed by atoms with E-state index < -0.39 is 10.0 Å². The summed E-state index contributed by atoms with van der Waals surface area (Å²) in [6, 6.07) is 19.7. The summed E-state index contributed by atoms with van der Waals surface area (Å²) in [7, 11) is -3.70. The van der Waals surface area contributed by atoms with Gasteiger partial charge in [0, 0.05) is 11.3 Å². The molecule has 0 saturated heterocycles. The maximum atomic E-state index is 13.2. The molecule has 0 unspecified atom stereocenters. The SMILES string of the molecule is O=S(=O)(c1ccccc1)n1c(Cc2cccs2)nc2ccccc21. The van der Waals surface area contributed by atoms with Crippen LogP contribution in [0.25, 0.3) is 11.0 Å². The van der Waals surface area contributed by atoms with Crippen molar-refractivity contribution in [3.8, 4) is 0 Å². The van der Waals surface area contributed by atoms with Gasteiger partial charge >= 0.3 is 0 Å². The van der Waals surface area contributed by atoms with Gasteiger partial charge in [-0.05, 0) is 35.7 Å². The molecule has 0 atom stereocenters. The Kier molecular flexibility index (Phi) is 3.70. The lowest BCUT2D eigenvalue weighted by Crippen LogP contribution is -2.16. The third-order valence-electron chi connectivity index (χ3n) is 3.78. The lowest BCUT2D eigenvalue weighted by molar-refractivity contribution is 0.586. The lowest BCUT2D eigenvalue weighted by Gasteiger charge is -2.10. The molecule has 0 radical (unpaired) electrons. The Morgan fingerprint density at radius 3 is 2.42 bits per heavy atom. The second kappa shape index (κ2) is 5.89. The molecule has 4 rings (SSSR count). The van der Waals surface area contributed by atoms with Crippen molar-refractivity contribution < 1.29 is 8.42 Å². The third kappa shape index (κ3) is 2.53. The molecule has 6 heteroatoms. The minimum atomic E-state index is -3.70. The zero-order valence-electron chi connectivity index (χ0n) is 12.7. The van der Waals surface area contributed by atoms with Crippen LogP contribution >= 0.6 is 11.3 Å². The number of thiophene rings is 1. The number of hydrogen-bond donors (Lipinski definition) is 0. The summed E-state index contributed by atoms with van der Waals surface area (Å²) in [4.78, 5) is 5.91. The van der Waals surface area contributed by atoms with E-state index in [1.807, 2.05) is 35.7 Å². The van der Waals surface area contributed by atoms with E-state index in [9.17, 15) is 8.42 Å². The summed E-state index contributed by atoms with van der Waals surface area (Å²) in [5.41, 5.74) is 1.29. The molecule has 0 N–H and O–H groups in total. The van der Waals surface area contributed by atoms with E-state index in [2.05, 4.69) is 4.98 Å². The number of fused-ring (bicyclic) bond motifs is 1. The zero-order chi connectivity index (χ0) is 16.6. The van der Waals surface area contributed by atoms with Crippen molar-refractivity contribution in [2.24, 2.45) is 0 Å². The molecule has 0 aliphatic rings. The van der Waals surface area contributed by atoms with Gasteiger partial charge in [-0.1, -0.05) is 36.4 Å². The first-order valence-corrected chi connectivity index (χ1v) is 9.77. The van der Waals surface area contributed by atoms with Gasteiger partial charge in [0.05, 0.1) is 15.9 Å². The van der Waals surface area contributed by atoms with Gasteiger partial charge in [0.25, 0.3) is 10.0 Å². The molecule has 2 aromatic carbocycles. The minimum absolute atomic E-state index is 0.264. The van der Waals surface area contributed by atoms with E-state index >= 15 is 0 Å². The summed E-state index contributed by atoms with van der Waals surface area (Å²) < 4.78 is 27.7. The van der Waals surface area contributed by atoms with Crippen LogP contribution in [0.2, 0.25) is 0 Å². The molecule has 0 saturated carbocycles. The average Bonchev–Trinajstić information content (AvgIpc) is 3.23. The maximum Gasteiger partial charge on any atom is 0.269 e. The number of hydrogen-bond acceptors (Lipinski definition) is 4. The molecule has 120 valence electrons. The molecule has 2 heterocycles. The van der Waals surface area contributed by atoms with Gasteiger partial charge in [0.2, 0.25) is 0 Å². The molecule has 0 amide bonds. The third-order valence-corrected chi connectivity index (χ3v) is 6.41. The van der Waals surface area contributed by atoms with E-state index in [1.54, 1.807) is 47.7 Å². The molecule has 0 bridgehead atoms. The van der Waals surface area contributed by atoms with Crippen molar-refractivity contribution in [1.82, 2.24) is 8.96 Å². The summed E-state index contributed by atoms with van der Waals surface area (Å²) in [5, 5.41) is 1.98. The predicted molar refractivity (Wildman–Crippen MR) is 95.9 cm³/mol. The van der Waals surface area contributed by atoms with Gasteiger partial charge in [-0.15, -0.1) is 11.3 Å². The molecule has 4 aromatic rings. The Bertz CT molecular complexity index is 1080. The first-order chi connectivity index (χ1) is 11.7. The highest BCUT2D eigenvalue weighted by Crippen LogP contribution is 2.25. The Morgan fingerprint density at radius 2 is 1.67 bits per heavy atom. The molecular weight excluding hydrogens is 340 g/mol. The normalized spacial score (nSPS) is 11.8. The summed E-state index contributed by atoms with van der Waals surface area (Å²) >= 11 is 1.59. The first kappa shape index (κ1) is 15.1. The fraction of sp³-hybridized carbons (Fsp3) is 0.0556. The summed E-state index contributed by atoms with van der Waals surface area (Å²) in [5.74, 6) is 0.530. The van der Waals surface area contributed by atoms with Crippen LogP contribution in [-0.4, -0.2) is 17.4 Å². The molecule has 4 nitrogen and oxygen atoms in total. The second-order valence-corrected chi connectivity index (χ2v) is 8.17. The molecule has 0 fully saturated rings. The minimum Gasteiger partial charge on any atom is -0.232 e. The number of nitrogens with zero attached hydrogens (tertiary/aromatic N) is 2. The van der Waals surface area contributed by atoms with Crippen molar-refractivity contribution in [2.75, 3.05) is 0 Å². The Morgan fingerprint density at radius 1 is 0.917 bits per heavy atom. The van der Waals surface area contributed by atoms with Gasteiger partial charge in [-0.2, -0.15) is 0 Å². The smallest absolute Gasteiger partial charge is 0.232 e. The highest BCUT2D eigenvalue weighted by Gasteiger charge is 2.24. The van der Waals surface area contributed by atoms with E-state index in [4.69, 9.17) is 0 Å². The van der Waals surface area contributed by atoms with E-state index in [-0.39, 0.29) is 4.90 Å². The van der Waals surface area contributed by atoms with E-state index in [0.717, 1.165) is 4.88 Å². The van der Waals surface area contributed by atoms with Gasteiger partial charge in [-0.3, -0.25) is 0 Å². The Labute approximate surface area is 144 Å². The van der Waals surface area contributed by atoms with Crippen molar-refractivity contribution in [3.05, 3.63) is 82.8 Å². The molecule has 0 spiro atoms. The van der Waals surface area contributed by atoms with Crippen LogP contribution in [-0.2, 0) is 16.4 Å². The van der Waals surface area contributed by atoms with Crippen LogP contribution in [0.3, 0.4) is 0 Å². The topological polar surface area (TPSA) is 52.0 Å². The maximum absolute atomic E-state index is 13.2.